The summed E-state index contributed by atoms with van der Waals surface area (Å²) in [7, 11) is 0. The van der Waals surface area contributed by atoms with Gasteiger partial charge in [-0.15, -0.1) is 0 Å². The quantitative estimate of drug-likeness (QED) is 0.679. The molecule has 1 aliphatic carbocycles. The molecule has 124 valence electrons. The smallest absolute Gasteiger partial charge is 0.236 e. The van der Waals surface area contributed by atoms with E-state index in [4.69, 9.17) is 0 Å². The van der Waals surface area contributed by atoms with Crippen LogP contribution in [0.15, 0.2) is 43.0 Å². The van der Waals surface area contributed by atoms with Crippen LogP contribution >= 0.6 is 0 Å². The Morgan fingerprint density at radius 1 is 1.13 bits per heavy atom. The van der Waals surface area contributed by atoms with Crippen LogP contribution in [0.25, 0.3) is 5.69 Å². The van der Waals surface area contributed by atoms with Crippen molar-refractivity contribution in [3.05, 3.63) is 48.5 Å². The van der Waals surface area contributed by atoms with Gasteiger partial charge in [0, 0.05) is 0 Å². The van der Waals surface area contributed by atoms with E-state index in [-0.39, 0.29) is 0 Å². The first-order valence-corrected chi connectivity index (χ1v) is 9.33. The van der Waals surface area contributed by atoms with Gasteiger partial charge in [0.2, 0.25) is 6.33 Å². The van der Waals surface area contributed by atoms with Crippen molar-refractivity contribution in [3.63, 3.8) is 0 Å². The molecule has 0 spiro atoms. The van der Waals surface area contributed by atoms with Crippen LogP contribution < -0.4 is 4.57 Å². The average Bonchev–Trinajstić information content (AvgIpc) is 3.05. The predicted molar refractivity (Wildman–Crippen MR) is 95.8 cm³/mol. The minimum atomic E-state index is 0.646. The number of rotatable bonds is 5. The number of nitrogens with zero attached hydrogens (tertiary/aromatic N) is 2. The summed E-state index contributed by atoms with van der Waals surface area (Å²) in [5.41, 5.74) is 2.70. The average molecular weight is 311 g/mol. The maximum Gasteiger partial charge on any atom is 0.248 e. The first kappa shape index (κ1) is 16.3. The van der Waals surface area contributed by atoms with Gasteiger partial charge in [-0.25, -0.2) is 9.13 Å². The molecular formula is C21H31N2+. The molecule has 0 N–H and O–H groups in total. The third-order valence-corrected chi connectivity index (χ3v) is 5.67. The molecule has 1 unspecified atom stereocenters. The Bertz CT molecular complexity index is 603. The number of aromatic nitrogens is 2. The Balaban J connectivity index is 1.64. The van der Waals surface area contributed by atoms with E-state index in [1.165, 1.54) is 49.9 Å². The van der Waals surface area contributed by atoms with Gasteiger partial charge in [-0.05, 0) is 54.7 Å². The van der Waals surface area contributed by atoms with Crippen LogP contribution in [0.5, 0.6) is 0 Å². The lowest BCUT2D eigenvalue weighted by Crippen LogP contribution is -2.36. The Morgan fingerprint density at radius 3 is 2.48 bits per heavy atom. The van der Waals surface area contributed by atoms with Gasteiger partial charge in [0.05, 0.1) is 6.54 Å². The van der Waals surface area contributed by atoms with Crippen molar-refractivity contribution < 1.29 is 4.57 Å². The molecular weight excluding hydrogens is 280 g/mol. The van der Waals surface area contributed by atoms with E-state index in [1.54, 1.807) is 0 Å². The van der Waals surface area contributed by atoms with Gasteiger partial charge in [0.1, 0.15) is 18.1 Å². The standard InChI is InChI=1S/C21H31N2/c1-4-18(3)20-9-11-21(12-10-20)23-14-13-22(16-23)15-19-7-5-17(2)6-8-19/h9-14,16-19H,4-8,15H2,1-3H3/q+1. The van der Waals surface area contributed by atoms with Gasteiger partial charge in [0.25, 0.3) is 0 Å². The number of imidazole rings is 1. The van der Waals surface area contributed by atoms with E-state index in [1.807, 2.05) is 0 Å². The zero-order valence-corrected chi connectivity index (χ0v) is 14.9. The molecule has 1 aromatic heterocycles. The van der Waals surface area contributed by atoms with Crippen LogP contribution in [0.2, 0.25) is 0 Å². The summed E-state index contributed by atoms with van der Waals surface area (Å²) in [4.78, 5) is 0. The molecule has 23 heavy (non-hydrogen) atoms. The molecule has 0 aliphatic heterocycles. The maximum atomic E-state index is 2.39. The van der Waals surface area contributed by atoms with Gasteiger partial charge in [0.15, 0.2) is 0 Å². The number of hydrogen-bond donors (Lipinski definition) is 0. The maximum absolute atomic E-state index is 2.39. The van der Waals surface area contributed by atoms with Crippen molar-refractivity contribution in [3.8, 4) is 5.69 Å². The topological polar surface area (TPSA) is 8.81 Å². The molecule has 1 saturated carbocycles. The Kier molecular flexibility index (Phi) is 5.20. The molecule has 0 amide bonds. The summed E-state index contributed by atoms with van der Waals surface area (Å²) < 4.78 is 4.61. The normalized spacial score (nSPS) is 22.9. The molecule has 1 aromatic carbocycles. The minimum absolute atomic E-state index is 0.646. The molecule has 2 heteroatoms. The summed E-state index contributed by atoms with van der Waals surface area (Å²) in [6.07, 6.45) is 13.4. The Labute approximate surface area is 141 Å². The van der Waals surface area contributed by atoms with Crippen molar-refractivity contribution in [2.24, 2.45) is 11.8 Å². The third kappa shape index (κ3) is 4.04. The van der Waals surface area contributed by atoms with Crippen LogP contribution in [0.1, 0.15) is 64.4 Å². The minimum Gasteiger partial charge on any atom is -0.236 e. The lowest BCUT2D eigenvalue weighted by Gasteiger charge is -2.24. The van der Waals surface area contributed by atoms with E-state index in [2.05, 4.69) is 72.9 Å². The largest absolute Gasteiger partial charge is 0.248 e. The van der Waals surface area contributed by atoms with Crippen molar-refractivity contribution in [1.82, 2.24) is 4.57 Å². The summed E-state index contributed by atoms with van der Waals surface area (Å²) in [5.74, 6) is 2.44. The molecule has 1 heterocycles. The summed E-state index contributed by atoms with van der Waals surface area (Å²) in [5, 5.41) is 0. The highest BCUT2D eigenvalue weighted by Crippen LogP contribution is 2.28. The van der Waals surface area contributed by atoms with Crippen molar-refractivity contribution in [2.45, 2.75) is 65.3 Å². The fourth-order valence-corrected chi connectivity index (χ4v) is 3.68. The lowest BCUT2D eigenvalue weighted by molar-refractivity contribution is -0.703. The summed E-state index contributed by atoms with van der Waals surface area (Å²) in [6.45, 7) is 8.11. The van der Waals surface area contributed by atoms with Crippen molar-refractivity contribution >= 4 is 0 Å². The van der Waals surface area contributed by atoms with Crippen molar-refractivity contribution in [1.29, 1.82) is 0 Å². The Hall–Kier alpha value is -1.57. The van der Waals surface area contributed by atoms with Crippen LogP contribution in [0.3, 0.4) is 0 Å². The van der Waals surface area contributed by atoms with Gasteiger partial charge in [-0.1, -0.05) is 45.7 Å². The Morgan fingerprint density at radius 2 is 1.83 bits per heavy atom. The summed E-state index contributed by atoms with van der Waals surface area (Å²) in [6, 6.07) is 9.04. The first-order valence-electron chi connectivity index (χ1n) is 9.33. The monoisotopic (exact) mass is 311 g/mol. The van der Waals surface area contributed by atoms with Gasteiger partial charge in [-0.2, -0.15) is 0 Å². The van der Waals surface area contributed by atoms with E-state index >= 15 is 0 Å². The zero-order valence-electron chi connectivity index (χ0n) is 14.9. The predicted octanol–water partition coefficient (Wildman–Crippen LogP) is 5.10. The second-order valence-electron chi connectivity index (χ2n) is 7.54. The van der Waals surface area contributed by atoms with E-state index in [0.717, 1.165) is 11.8 Å². The van der Waals surface area contributed by atoms with Gasteiger partial charge >= 0.3 is 0 Å². The summed E-state index contributed by atoms with van der Waals surface area (Å²) >= 11 is 0. The second kappa shape index (κ2) is 7.33. The molecule has 2 nitrogen and oxygen atoms in total. The fraction of sp³-hybridized carbons (Fsp3) is 0.571. The number of benzene rings is 1. The van der Waals surface area contributed by atoms with Crippen LogP contribution in [0, 0.1) is 11.8 Å². The molecule has 3 rings (SSSR count). The van der Waals surface area contributed by atoms with E-state index in [0.29, 0.717) is 5.92 Å². The van der Waals surface area contributed by atoms with Crippen LogP contribution in [-0.2, 0) is 6.54 Å². The molecule has 0 bridgehead atoms. The third-order valence-electron chi connectivity index (χ3n) is 5.67. The van der Waals surface area contributed by atoms with Crippen LogP contribution in [-0.4, -0.2) is 4.57 Å². The van der Waals surface area contributed by atoms with Crippen molar-refractivity contribution in [2.75, 3.05) is 0 Å². The highest BCUT2D eigenvalue weighted by atomic mass is 15.1. The molecule has 0 saturated heterocycles. The molecule has 1 atom stereocenters. The molecule has 2 aromatic rings. The van der Waals surface area contributed by atoms with E-state index in [9.17, 15) is 0 Å². The molecule has 1 fully saturated rings. The molecule has 1 aliphatic rings. The number of hydrogen-bond acceptors (Lipinski definition) is 0. The molecule has 0 radical (unpaired) electrons. The van der Waals surface area contributed by atoms with Gasteiger partial charge < -0.3 is 0 Å². The zero-order chi connectivity index (χ0) is 16.2. The van der Waals surface area contributed by atoms with E-state index < -0.39 is 0 Å². The fourth-order valence-electron chi connectivity index (χ4n) is 3.68. The van der Waals surface area contributed by atoms with Crippen LogP contribution in [0.4, 0.5) is 0 Å². The van der Waals surface area contributed by atoms with Gasteiger partial charge in [-0.3, -0.25) is 0 Å². The lowest BCUT2D eigenvalue weighted by atomic mass is 9.83. The second-order valence-corrected chi connectivity index (χ2v) is 7.54. The highest BCUT2D eigenvalue weighted by Gasteiger charge is 2.20. The highest BCUT2D eigenvalue weighted by molar-refractivity contribution is 5.35. The first-order chi connectivity index (χ1) is 11.2. The SMILES string of the molecule is CCC(C)c1ccc(-n2cc[n+](CC3CCC(C)CC3)c2)cc1.